The molecule has 2 rings (SSSR count). The summed E-state index contributed by atoms with van der Waals surface area (Å²) < 4.78 is 64.8. The third-order valence-electron chi connectivity index (χ3n) is 2.38. The molecule has 0 aromatic heterocycles. The smallest absolute Gasteiger partial charge is 0.263 e. The highest BCUT2D eigenvalue weighted by Gasteiger charge is 2.18. The largest absolute Gasteiger partial charge is 0.398 e. The topological polar surface area (TPSA) is 72.2 Å². The molecular weight excluding hydrogens is 293 g/mol. The number of anilines is 2. The Morgan fingerprint density at radius 3 is 2.05 bits per heavy atom. The maximum atomic E-state index is 13.0. The molecule has 0 spiro atoms. The van der Waals surface area contributed by atoms with Crippen molar-refractivity contribution in [1.82, 2.24) is 0 Å². The first-order valence-corrected chi connectivity index (χ1v) is 6.80. The molecule has 0 unspecified atom stereocenters. The molecular formula is C12H9F3N2O2S. The number of sulfonamides is 1. The van der Waals surface area contributed by atoms with Gasteiger partial charge in [-0.05, 0) is 30.3 Å². The maximum absolute atomic E-state index is 13.0. The number of halogens is 3. The molecule has 0 aliphatic carbocycles. The van der Waals surface area contributed by atoms with E-state index < -0.39 is 27.5 Å². The summed E-state index contributed by atoms with van der Waals surface area (Å²) in [5.41, 5.74) is 4.80. The first-order valence-electron chi connectivity index (χ1n) is 5.32. The Morgan fingerprint density at radius 2 is 1.50 bits per heavy atom. The highest BCUT2D eigenvalue weighted by Crippen LogP contribution is 2.23. The molecule has 2 aromatic carbocycles. The van der Waals surface area contributed by atoms with Crippen LogP contribution in [-0.4, -0.2) is 8.42 Å². The normalized spacial score (nSPS) is 11.3. The van der Waals surface area contributed by atoms with Crippen molar-refractivity contribution in [2.24, 2.45) is 0 Å². The molecule has 2 aromatic rings. The van der Waals surface area contributed by atoms with Crippen molar-refractivity contribution in [2.45, 2.75) is 4.90 Å². The Labute approximate surface area is 113 Å². The van der Waals surface area contributed by atoms with Crippen LogP contribution in [0.25, 0.3) is 0 Å². The summed E-state index contributed by atoms with van der Waals surface area (Å²) in [5.74, 6) is -2.57. The van der Waals surface area contributed by atoms with Gasteiger partial charge in [0.05, 0.1) is 11.4 Å². The van der Waals surface area contributed by atoms with Crippen LogP contribution in [0.2, 0.25) is 0 Å². The van der Waals surface area contributed by atoms with Gasteiger partial charge in [-0.15, -0.1) is 0 Å². The lowest BCUT2D eigenvalue weighted by molar-refractivity contribution is 0.584. The number of rotatable bonds is 3. The minimum Gasteiger partial charge on any atom is -0.398 e. The predicted octanol–water partition coefficient (Wildman–Crippen LogP) is 2.49. The summed E-state index contributed by atoms with van der Waals surface area (Å²) in [6.07, 6.45) is 0. The van der Waals surface area contributed by atoms with Crippen LogP contribution in [0.3, 0.4) is 0 Å². The molecule has 8 heteroatoms. The number of benzene rings is 2. The van der Waals surface area contributed by atoms with Gasteiger partial charge in [0.1, 0.15) is 22.3 Å². The van der Waals surface area contributed by atoms with Crippen LogP contribution in [-0.2, 0) is 10.0 Å². The Kier molecular flexibility index (Phi) is 3.58. The van der Waals surface area contributed by atoms with Gasteiger partial charge >= 0.3 is 0 Å². The molecule has 0 fully saturated rings. The number of hydrogen-bond donors (Lipinski definition) is 2. The van der Waals surface area contributed by atoms with Crippen LogP contribution in [0.4, 0.5) is 24.5 Å². The minimum atomic E-state index is -4.17. The average molecular weight is 302 g/mol. The van der Waals surface area contributed by atoms with E-state index in [4.69, 9.17) is 5.73 Å². The molecule has 0 aliphatic heterocycles. The monoisotopic (exact) mass is 302 g/mol. The second-order valence-corrected chi connectivity index (χ2v) is 5.60. The van der Waals surface area contributed by atoms with E-state index in [-0.39, 0.29) is 16.3 Å². The van der Waals surface area contributed by atoms with Gasteiger partial charge in [0.25, 0.3) is 10.0 Å². The van der Waals surface area contributed by atoms with Crippen LogP contribution in [0.1, 0.15) is 0 Å². The third kappa shape index (κ3) is 3.02. The van der Waals surface area contributed by atoms with Crippen molar-refractivity contribution in [3.8, 4) is 0 Å². The number of hydrogen-bond acceptors (Lipinski definition) is 3. The fraction of sp³-hybridized carbons (Fsp3) is 0. The van der Waals surface area contributed by atoms with Crippen molar-refractivity contribution in [2.75, 3.05) is 10.5 Å². The lowest BCUT2D eigenvalue weighted by Gasteiger charge is -2.10. The number of nitrogen functional groups attached to an aromatic ring is 1. The van der Waals surface area contributed by atoms with E-state index in [0.29, 0.717) is 6.07 Å². The van der Waals surface area contributed by atoms with E-state index in [2.05, 4.69) is 0 Å². The average Bonchev–Trinajstić information content (AvgIpc) is 2.25. The summed E-state index contributed by atoms with van der Waals surface area (Å²) in [6.45, 7) is 0. The summed E-state index contributed by atoms with van der Waals surface area (Å²) in [6, 6.07) is 4.92. The molecule has 106 valence electrons. The molecule has 0 atom stereocenters. The molecule has 0 saturated heterocycles. The van der Waals surface area contributed by atoms with Gasteiger partial charge in [0.15, 0.2) is 0 Å². The highest BCUT2D eigenvalue weighted by molar-refractivity contribution is 7.92. The van der Waals surface area contributed by atoms with Crippen molar-refractivity contribution in [3.63, 3.8) is 0 Å². The van der Waals surface area contributed by atoms with Gasteiger partial charge in [-0.3, -0.25) is 4.72 Å². The zero-order valence-electron chi connectivity index (χ0n) is 9.90. The molecule has 0 heterocycles. The van der Waals surface area contributed by atoms with Gasteiger partial charge in [-0.25, -0.2) is 21.6 Å². The second kappa shape index (κ2) is 5.04. The van der Waals surface area contributed by atoms with Crippen molar-refractivity contribution in [1.29, 1.82) is 0 Å². The fourth-order valence-corrected chi connectivity index (χ4v) is 2.74. The standard InChI is InChI=1S/C12H9F3N2O2S/c13-7-1-2-12(11(16)6-7)20(18,19)17-10-4-8(14)3-9(15)5-10/h1-6,17H,16H2. The van der Waals surface area contributed by atoms with E-state index in [1.165, 1.54) is 0 Å². The summed E-state index contributed by atoms with van der Waals surface area (Å²) in [4.78, 5) is -0.386. The van der Waals surface area contributed by atoms with Gasteiger partial charge in [-0.1, -0.05) is 0 Å². The van der Waals surface area contributed by atoms with E-state index in [0.717, 1.165) is 30.3 Å². The summed E-state index contributed by atoms with van der Waals surface area (Å²) in [5, 5.41) is 0. The van der Waals surface area contributed by atoms with Crippen LogP contribution >= 0.6 is 0 Å². The van der Waals surface area contributed by atoms with Gasteiger partial charge in [0, 0.05) is 6.07 Å². The zero-order valence-corrected chi connectivity index (χ0v) is 10.7. The Hall–Kier alpha value is -2.22. The van der Waals surface area contributed by atoms with Crippen LogP contribution < -0.4 is 10.5 Å². The van der Waals surface area contributed by atoms with Crippen LogP contribution in [0.5, 0.6) is 0 Å². The SMILES string of the molecule is Nc1cc(F)ccc1S(=O)(=O)Nc1cc(F)cc(F)c1. The second-order valence-electron chi connectivity index (χ2n) is 3.95. The molecule has 0 aliphatic rings. The van der Waals surface area contributed by atoms with E-state index in [1.54, 1.807) is 0 Å². The molecule has 0 bridgehead atoms. The molecule has 4 nitrogen and oxygen atoms in total. The molecule has 3 N–H and O–H groups in total. The predicted molar refractivity (Wildman–Crippen MR) is 68.0 cm³/mol. The van der Waals surface area contributed by atoms with E-state index in [9.17, 15) is 21.6 Å². The highest BCUT2D eigenvalue weighted by atomic mass is 32.2. The summed E-state index contributed by atoms with van der Waals surface area (Å²) >= 11 is 0. The third-order valence-corrected chi connectivity index (χ3v) is 3.83. The zero-order chi connectivity index (χ0) is 14.9. The lowest BCUT2D eigenvalue weighted by atomic mass is 10.3. The van der Waals surface area contributed by atoms with Crippen LogP contribution in [0, 0.1) is 17.5 Å². The quantitative estimate of drug-likeness (QED) is 0.856. The Morgan fingerprint density at radius 1 is 0.900 bits per heavy atom. The molecule has 0 amide bonds. The van der Waals surface area contributed by atoms with Crippen LogP contribution in [0.15, 0.2) is 41.3 Å². The molecule has 0 radical (unpaired) electrons. The summed E-state index contributed by atoms with van der Waals surface area (Å²) in [7, 11) is -4.17. The minimum absolute atomic E-state index is 0.300. The van der Waals surface area contributed by atoms with Gasteiger partial charge in [-0.2, -0.15) is 0 Å². The maximum Gasteiger partial charge on any atom is 0.263 e. The van der Waals surface area contributed by atoms with Crippen molar-refractivity contribution < 1.29 is 21.6 Å². The van der Waals surface area contributed by atoms with Gasteiger partial charge in [0.2, 0.25) is 0 Å². The van der Waals surface area contributed by atoms with E-state index in [1.807, 2.05) is 4.72 Å². The first kappa shape index (κ1) is 14.2. The van der Waals surface area contributed by atoms with E-state index >= 15 is 0 Å². The molecule has 0 saturated carbocycles. The van der Waals surface area contributed by atoms with Gasteiger partial charge < -0.3 is 5.73 Å². The number of nitrogens with one attached hydrogen (secondary N) is 1. The first-order chi connectivity index (χ1) is 9.28. The fourth-order valence-electron chi connectivity index (χ4n) is 1.59. The molecule has 20 heavy (non-hydrogen) atoms. The number of nitrogens with two attached hydrogens (primary N) is 1. The lowest BCUT2D eigenvalue weighted by Crippen LogP contribution is -2.15. The Balaban J connectivity index is 2.40. The Bertz CT molecular complexity index is 743. The van der Waals surface area contributed by atoms with Crippen molar-refractivity contribution >= 4 is 21.4 Å². The van der Waals surface area contributed by atoms with Crippen molar-refractivity contribution in [3.05, 3.63) is 53.8 Å².